The molecule has 0 aromatic carbocycles. The van der Waals surface area contributed by atoms with E-state index in [1.165, 1.54) is 0 Å². The number of carboxylic acid groups (broad SMARTS) is 1. The molecule has 0 unspecified atom stereocenters. The summed E-state index contributed by atoms with van der Waals surface area (Å²) in [6.07, 6.45) is 1.15. The number of hydrogen-bond acceptors (Lipinski definition) is 5. The number of nitrogens with zero attached hydrogens (tertiary/aromatic N) is 1. The summed E-state index contributed by atoms with van der Waals surface area (Å²) >= 11 is 0. The molecule has 0 radical (unpaired) electrons. The van der Waals surface area contributed by atoms with Crippen molar-refractivity contribution in [1.82, 2.24) is 16.0 Å². The van der Waals surface area contributed by atoms with Crippen LogP contribution in [0.1, 0.15) is 25.7 Å². The van der Waals surface area contributed by atoms with E-state index in [0.717, 1.165) is 0 Å². The van der Waals surface area contributed by atoms with Crippen molar-refractivity contribution in [2.24, 2.45) is 16.5 Å². The molecule has 0 aromatic heterocycles. The molecule has 11 heteroatoms. The van der Waals surface area contributed by atoms with E-state index in [-0.39, 0.29) is 37.8 Å². The van der Waals surface area contributed by atoms with E-state index in [1.807, 2.05) is 0 Å². The first-order valence-electron chi connectivity index (χ1n) is 7.44. The summed E-state index contributed by atoms with van der Waals surface area (Å²) in [5, 5.41) is 16.2. The van der Waals surface area contributed by atoms with Crippen molar-refractivity contribution in [3.63, 3.8) is 0 Å². The number of carbonyl (C=O) groups excluding carboxylic acids is 3. The molecule has 1 saturated heterocycles. The van der Waals surface area contributed by atoms with Crippen molar-refractivity contribution < 1.29 is 24.3 Å². The van der Waals surface area contributed by atoms with Crippen LogP contribution in [-0.4, -0.2) is 59.9 Å². The SMILES string of the molecule is NC(N)=NCCC[C@H](NC(=O)CNC(=O)[C@H]1CCC(=O)N1)C(=O)O. The minimum Gasteiger partial charge on any atom is -0.480 e. The molecule has 1 aliphatic heterocycles. The number of carboxylic acids is 1. The molecule has 11 nitrogen and oxygen atoms in total. The second-order valence-electron chi connectivity index (χ2n) is 5.28. The molecule has 1 aliphatic rings. The molecular weight excluding hydrogens is 320 g/mol. The van der Waals surface area contributed by atoms with Gasteiger partial charge in [-0.05, 0) is 19.3 Å². The van der Waals surface area contributed by atoms with E-state index < -0.39 is 29.9 Å². The van der Waals surface area contributed by atoms with E-state index in [2.05, 4.69) is 20.9 Å². The van der Waals surface area contributed by atoms with Crippen molar-refractivity contribution in [3.8, 4) is 0 Å². The Morgan fingerprint density at radius 3 is 2.62 bits per heavy atom. The fraction of sp³-hybridized carbons (Fsp3) is 0.615. The molecule has 0 spiro atoms. The van der Waals surface area contributed by atoms with Crippen LogP contribution in [0.2, 0.25) is 0 Å². The van der Waals surface area contributed by atoms with Crippen molar-refractivity contribution in [3.05, 3.63) is 0 Å². The maximum absolute atomic E-state index is 11.7. The smallest absolute Gasteiger partial charge is 0.326 e. The molecule has 0 saturated carbocycles. The summed E-state index contributed by atoms with van der Waals surface area (Å²) in [7, 11) is 0. The number of amides is 3. The van der Waals surface area contributed by atoms with Gasteiger partial charge in [0.1, 0.15) is 12.1 Å². The Morgan fingerprint density at radius 1 is 1.38 bits per heavy atom. The summed E-state index contributed by atoms with van der Waals surface area (Å²) in [5.74, 6) is -2.61. The van der Waals surface area contributed by atoms with Gasteiger partial charge < -0.3 is 32.5 Å². The van der Waals surface area contributed by atoms with Crippen LogP contribution in [0.25, 0.3) is 0 Å². The van der Waals surface area contributed by atoms with E-state index in [4.69, 9.17) is 16.6 Å². The summed E-state index contributed by atoms with van der Waals surface area (Å²) in [4.78, 5) is 49.3. The molecule has 24 heavy (non-hydrogen) atoms. The molecule has 2 atom stereocenters. The van der Waals surface area contributed by atoms with Crippen molar-refractivity contribution >= 4 is 29.7 Å². The van der Waals surface area contributed by atoms with Gasteiger partial charge >= 0.3 is 5.97 Å². The Kier molecular flexibility index (Phi) is 7.46. The van der Waals surface area contributed by atoms with Crippen LogP contribution in [-0.2, 0) is 19.2 Å². The van der Waals surface area contributed by atoms with Gasteiger partial charge in [0, 0.05) is 13.0 Å². The maximum Gasteiger partial charge on any atom is 0.326 e. The molecule has 1 rings (SSSR count). The third-order valence-corrected chi connectivity index (χ3v) is 3.31. The molecule has 3 amide bonds. The molecule has 0 aliphatic carbocycles. The van der Waals surface area contributed by atoms with Gasteiger partial charge in [0.25, 0.3) is 0 Å². The van der Waals surface area contributed by atoms with Crippen LogP contribution in [0.4, 0.5) is 0 Å². The Bertz CT molecular complexity index is 531. The monoisotopic (exact) mass is 342 g/mol. The molecule has 1 fully saturated rings. The lowest BCUT2D eigenvalue weighted by atomic mass is 10.1. The minimum absolute atomic E-state index is 0.0902. The van der Waals surface area contributed by atoms with Gasteiger partial charge in [-0.2, -0.15) is 0 Å². The molecule has 0 bridgehead atoms. The van der Waals surface area contributed by atoms with Gasteiger partial charge in [-0.1, -0.05) is 0 Å². The topological polar surface area (TPSA) is 189 Å². The first kappa shape index (κ1) is 19.2. The Hall–Kier alpha value is -2.85. The summed E-state index contributed by atoms with van der Waals surface area (Å²) in [6.45, 7) is -0.122. The number of nitrogens with one attached hydrogen (secondary N) is 3. The number of nitrogens with two attached hydrogens (primary N) is 2. The van der Waals surface area contributed by atoms with Crippen molar-refractivity contribution in [2.75, 3.05) is 13.1 Å². The number of rotatable bonds is 9. The van der Waals surface area contributed by atoms with Gasteiger partial charge in [-0.15, -0.1) is 0 Å². The van der Waals surface area contributed by atoms with Crippen LogP contribution in [0.5, 0.6) is 0 Å². The van der Waals surface area contributed by atoms with Gasteiger partial charge in [-0.25, -0.2) is 4.79 Å². The quantitative estimate of drug-likeness (QED) is 0.146. The largest absolute Gasteiger partial charge is 0.480 e. The standard InChI is InChI=1S/C13H22N6O5/c14-13(15)16-5-1-2-8(12(23)24)19-10(21)6-17-11(22)7-3-4-9(20)18-7/h7-8H,1-6H2,(H,17,22)(H,18,20)(H,19,21)(H,23,24)(H4,14,15,16)/t7-,8+/m1/s1. The number of carbonyl (C=O) groups is 4. The number of hydrogen-bond donors (Lipinski definition) is 6. The van der Waals surface area contributed by atoms with Crippen LogP contribution in [0.15, 0.2) is 4.99 Å². The number of guanidine groups is 1. The van der Waals surface area contributed by atoms with Crippen LogP contribution in [0.3, 0.4) is 0 Å². The molecule has 8 N–H and O–H groups in total. The minimum atomic E-state index is -1.19. The van der Waals surface area contributed by atoms with Crippen LogP contribution >= 0.6 is 0 Å². The zero-order valence-corrected chi connectivity index (χ0v) is 13.1. The third kappa shape index (κ3) is 6.94. The summed E-state index contributed by atoms with van der Waals surface area (Å²) in [6, 6.07) is -1.75. The Labute approximate surface area is 138 Å². The Morgan fingerprint density at radius 2 is 2.08 bits per heavy atom. The normalized spacial score (nSPS) is 17.5. The average molecular weight is 342 g/mol. The fourth-order valence-electron chi connectivity index (χ4n) is 2.11. The lowest BCUT2D eigenvalue weighted by Gasteiger charge is -2.15. The first-order valence-corrected chi connectivity index (χ1v) is 7.44. The summed E-state index contributed by atoms with van der Waals surface area (Å²) < 4.78 is 0. The lowest BCUT2D eigenvalue weighted by molar-refractivity contribution is -0.142. The first-order chi connectivity index (χ1) is 11.3. The predicted octanol–water partition coefficient (Wildman–Crippen LogP) is -3.00. The zero-order chi connectivity index (χ0) is 18.1. The molecule has 134 valence electrons. The molecular formula is C13H22N6O5. The van der Waals surface area contributed by atoms with Crippen molar-refractivity contribution in [2.45, 2.75) is 37.8 Å². The number of aliphatic imine (C=N–C) groups is 1. The third-order valence-electron chi connectivity index (χ3n) is 3.31. The zero-order valence-electron chi connectivity index (χ0n) is 13.1. The second kappa shape index (κ2) is 9.33. The highest BCUT2D eigenvalue weighted by molar-refractivity contribution is 5.93. The highest BCUT2D eigenvalue weighted by atomic mass is 16.4. The predicted molar refractivity (Wildman–Crippen MR) is 83.7 cm³/mol. The van der Waals surface area contributed by atoms with Gasteiger partial charge in [0.15, 0.2) is 5.96 Å². The van der Waals surface area contributed by atoms with E-state index in [1.54, 1.807) is 0 Å². The summed E-state index contributed by atoms with van der Waals surface area (Å²) in [5.41, 5.74) is 10.3. The Balaban J connectivity index is 2.34. The molecule has 1 heterocycles. The van der Waals surface area contributed by atoms with Crippen LogP contribution < -0.4 is 27.4 Å². The number of aliphatic carboxylic acids is 1. The lowest BCUT2D eigenvalue weighted by Crippen LogP contribution is -2.48. The maximum atomic E-state index is 11.7. The van der Waals surface area contributed by atoms with E-state index >= 15 is 0 Å². The van der Waals surface area contributed by atoms with Gasteiger partial charge in [0.05, 0.1) is 6.54 Å². The van der Waals surface area contributed by atoms with E-state index in [9.17, 15) is 19.2 Å². The second-order valence-corrected chi connectivity index (χ2v) is 5.28. The molecule has 0 aromatic rings. The fourth-order valence-corrected chi connectivity index (χ4v) is 2.11. The highest BCUT2D eigenvalue weighted by Gasteiger charge is 2.27. The van der Waals surface area contributed by atoms with Crippen molar-refractivity contribution in [1.29, 1.82) is 0 Å². The van der Waals surface area contributed by atoms with Gasteiger partial charge in [-0.3, -0.25) is 19.4 Å². The average Bonchev–Trinajstić information content (AvgIpc) is 2.94. The van der Waals surface area contributed by atoms with Gasteiger partial charge in [0.2, 0.25) is 17.7 Å². The highest BCUT2D eigenvalue weighted by Crippen LogP contribution is 2.06. The van der Waals surface area contributed by atoms with E-state index in [0.29, 0.717) is 12.8 Å². The van der Waals surface area contributed by atoms with Crippen LogP contribution in [0, 0.1) is 0 Å².